The molecule has 0 amide bonds. The van der Waals surface area contributed by atoms with Crippen molar-refractivity contribution in [1.29, 1.82) is 5.41 Å². The van der Waals surface area contributed by atoms with Crippen LogP contribution in [0.5, 0.6) is 0 Å². The summed E-state index contributed by atoms with van der Waals surface area (Å²) in [7, 11) is 0. The molecule has 0 aromatic carbocycles. The molecule has 0 aliphatic heterocycles. The molecular formula is C6H11ClN2S. The summed E-state index contributed by atoms with van der Waals surface area (Å²) < 4.78 is 1.94. The van der Waals surface area contributed by atoms with E-state index in [0.29, 0.717) is 10.8 Å². The zero-order valence-electron chi connectivity index (χ0n) is 6.00. The van der Waals surface area contributed by atoms with Gasteiger partial charge in [-0.3, -0.25) is 5.41 Å². The van der Waals surface area contributed by atoms with Gasteiger partial charge in [0.25, 0.3) is 0 Å². The number of nitrogens with zero attached hydrogens (tertiary/aromatic N) is 1. The Bertz CT molecular complexity index is 238. The van der Waals surface area contributed by atoms with E-state index in [1.54, 1.807) is 0 Å². The van der Waals surface area contributed by atoms with Crippen molar-refractivity contribution < 1.29 is 0 Å². The highest BCUT2D eigenvalue weighted by Gasteiger charge is 1.95. The largest absolute Gasteiger partial charge is 0.322 e. The van der Waals surface area contributed by atoms with Gasteiger partial charge in [0.1, 0.15) is 0 Å². The number of aromatic nitrogens is 1. The molecule has 1 heterocycles. The van der Waals surface area contributed by atoms with Gasteiger partial charge in [-0.1, -0.05) is 0 Å². The molecule has 0 spiro atoms. The number of thiazole rings is 1. The van der Waals surface area contributed by atoms with E-state index in [2.05, 4.69) is 13.8 Å². The van der Waals surface area contributed by atoms with Crippen molar-refractivity contribution in [2.24, 2.45) is 0 Å². The molecule has 2 nitrogen and oxygen atoms in total. The average Bonchev–Trinajstić information content (AvgIpc) is 2.13. The van der Waals surface area contributed by atoms with Crippen LogP contribution in [-0.2, 0) is 0 Å². The van der Waals surface area contributed by atoms with Gasteiger partial charge in [-0.25, -0.2) is 0 Å². The normalized spacial score (nSPS) is 9.50. The molecule has 0 fully saturated rings. The summed E-state index contributed by atoms with van der Waals surface area (Å²) in [6.45, 7) is 4.15. The molecule has 1 N–H and O–H groups in total. The zero-order chi connectivity index (χ0) is 6.85. The molecule has 1 aromatic rings. The average molecular weight is 179 g/mol. The maximum atomic E-state index is 7.36. The van der Waals surface area contributed by atoms with Gasteiger partial charge >= 0.3 is 0 Å². The molecular weight excluding hydrogens is 168 g/mol. The predicted molar refractivity (Wildman–Crippen MR) is 45.8 cm³/mol. The van der Waals surface area contributed by atoms with Crippen LogP contribution >= 0.6 is 23.7 Å². The van der Waals surface area contributed by atoms with Crippen LogP contribution in [0.3, 0.4) is 0 Å². The monoisotopic (exact) mass is 178 g/mol. The minimum Gasteiger partial charge on any atom is -0.322 e. The number of hydrogen-bond acceptors (Lipinski definition) is 2. The second-order valence-electron chi connectivity index (χ2n) is 2.21. The van der Waals surface area contributed by atoms with E-state index in [0.717, 1.165) is 0 Å². The fourth-order valence-electron chi connectivity index (χ4n) is 0.696. The molecule has 1 aromatic heterocycles. The molecule has 1 rings (SSSR count). The minimum absolute atomic E-state index is 0. The van der Waals surface area contributed by atoms with E-state index in [1.807, 2.05) is 16.1 Å². The molecule has 4 heteroatoms. The number of halogens is 1. The Labute approximate surface area is 70.4 Å². The predicted octanol–water partition coefficient (Wildman–Crippen LogP) is 2.03. The number of nitrogens with one attached hydrogen (secondary N) is 1. The third-order valence-corrected chi connectivity index (χ3v) is 1.88. The lowest BCUT2D eigenvalue weighted by atomic mass is 10.4. The molecule has 0 bridgehead atoms. The lowest BCUT2D eigenvalue weighted by molar-refractivity contribution is 0.580. The topological polar surface area (TPSA) is 28.8 Å². The van der Waals surface area contributed by atoms with Crippen LogP contribution in [0.2, 0.25) is 0 Å². The summed E-state index contributed by atoms with van der Waals surface area (Å²) >= 11 is 1.46. The van der Waals surface area contributed by atoms with Crippen LogP contribution in [0.1, 0.15) is 19.9 Å². The van der Waals surface area contributed by atoms with E-state index in [1.165, 1.54) is 11.3 Å². The van der Waals surface area contributed by atoms with Crippen molar-refractivity contribution in [3.63, 3.8) is 0 Å². The van der Waals surface area contributed by atoms with Gasteiger partial charge in [-0.15, -0.1) is 23.7 Å². The van der Waals surface area contributed by atoms with Gasteiger partial charge in [0.05, 0.1) is 0 Å². The summed E-state index contributed by atoms with van der Waals surface area (Å²) in [4.78, 5) is 0.630. The van der Waals surface area contributed by atoms with Crippen molar-refractivity contribution in [2.75, 3.05) is 0 Å². The van der Waals surface area contributed by atoms with Crippen LogP contribution in [0, 0.1) is 5.41 Å². The molecule has 0 saturated carbocycles. The van der Waals surface area contributed by atoms with Gasteiger partial charge in [0.15, 0.2) is 4.80 Å². The highest BCUT2D eigenvalue weighted by Crippen LogP contribution is 2.00. The molecule has 0 aliphatic rings. The standard InChI is InChI=1S/C6H10N2S.ClH/c1-5(2)8-3-4-9-6(8)7;/h3-5,7H,1-2H3;1H. The Morgan fingerprint density at radius 3 is 2.40 bits per heavy atom. The van der Waals surface area contributed by atoms with Crippen molar-refractivity contribution in [3.8, 4) is 0 Å². The van der Waals surface area contributed by atoms with Crippen LogP contribution in [-0.4, -0.2) is 4.57 Å². The smallest absolute Gasteiger partial charge is 0.182 e. The first-order valence-electron chi connectivity index (χ1n) is 2.92. The van der Waals surface area contributed by atoms with Gasteiger partial charge in [0.2, 0.25) is 0 Å². The third kappa shape index (κ3) is 1.85. The van der Waals surface area contributed by atoms with Crippen molar-refractivity contribution in [3.05, 3.63) is 16.4 Å². The summed E-state index contributed by atoms with van der Waals surface area (Å²) in [5.74, 6) is 0. The van der Waals surface area contributed by atoms with Crippen LogP contribution in [0.25, 0.3) is 0 Å². The highest BCUT2D eigenvalue weighted by molar-refractivity contribution is 7.06. The van der Waals surface area contributed by atoms with Gasteiger partial charge in [-0.2, -0.15) is 0 Å². The second kappa shape index (κ2) is 3.78. The lowest BCUT2D eigenvalue weighted by Crippen LogP contribution is -2.13. The Hall–Kier alpha value is -0.280. The van der Waals surface area contributed by atoms with Crippen LogP contribution in [0.15, 0.2) is 11.6 Å². The Balaban J connectivity index is 0.000000810. The summed E-state index contributed by atoms with van der Waals surface area (Å²) in [5.41, 5.74) is 0. The minimum atomic E-state index is 0. The fraction of sp³-hybridized carbons (Fsp3) is 0.500. The van der Waals surface area contributed by atoms with Gasteiger partial charge < -0.3 is 4.57 Å². The quantitative estimate of drug-likeness (QED) is 0.682. The van der Waals surface area contributed by atoms with Crippen molar-refractivity contribution >= 4 is 23.7 Å². The maximum absolute atomic E-state index is 7.36. The Morgan fingerprint density at radius 2 is 2.20 bits per heavy atom. The molecule has 10 heavy (non-hydrogen) atoms. The van der Waals surface area contributed by atoms with Crippen molar-refractivity contribution in [1.82, 2.24) is 4.57 Å². The SMILES string of the molecule is CC(C)n1ccsc1=N.Cl. The Morgan fingerprint density at radius 1 is 1.60 bits per heavy atom. The van der Waals surface area contributed by atoms with Crippen molar-refractivity contribution in [2.45, 2.75) is 19.9 Å². The van der Waals surface area contributed by atoms with E-state index in [-0.39, 0.29) is 12.4 Å². The molecule has 0 aliphatic carbocycles. The molecule has 0 atom stereocenters. The first kappa shape index (κ1) is 9.72. The van der Waals surface area contributed by atoms with E-state index in [4.69, 9.17) is 5.41 Å². The maximum Gasteiger partial charge on any atom is 0.182 e. The third-order valence-electron chi connectivity index (χ3n) is 1.19. The molecule has 0 radical (unpaired) electrons. The van der Waals surface area contributed by atoms with E-state index >= 15 is 0 Å². The van der Waals surface area contributed by atoms with E-state index < -0.39 is 0 Å². The number of rotatable bonds is 1. The zero-order valence-corrected chi connectivity index (χ0v) is 7.63. The number of hydrogen-bond donors (Lipinski definition) is 1. The molecule has 58 valence electrons. The van der Waals surface area contributed by atoms with Gasteiger partial charge in [0, 0.05) is 17.6 Å². The van der Waals surface area contributed by atoms with E-state index in [9.17, 15) is 0 Å². The van der Waals surface area contributed by atoms with Gasteiger partial charge in [-0.05, 0) is 13.8 Å². The fourth-order valence-corrected chi connectivity index (χ4v) is 1.41. The lowest BCUT2D eigenvalue weighted by Gasteiger charge is -2.03. The molecule has 0 unspecified atom stereocenters. The summed E-state index contributed by atoms with van der Waals surface area (Å²) in [5, 5.41) is 9.30. The first-order valence-corrected chi connectivity index (χ1v) is 3.80. The molecule has 0 saturated heterocycles. The van der Waals surface area contributed by atoms with Crippen LogP contribution in [0.4, 0.5) is 0 Å². The first-order chi connectivity index (χ1) is 4.22. The van der Waals surface area contributed by atoms with Crippen LogP contribution < -0.4 is 4.80 Å². The summed E-state index contributed by atoms with van der Waals surface area (Å²) in [6, 6.07) is 0.420. The second-order valence-corrected chi connectivity index (χ2v) is 3.10. The Kier molecular flexibility index (Phi) is 3.68. The highest BCUT2D eigenvalue weighted by atomic mass is 35.5. The summed E-state index contributed by atoms with van der Waals surface area (Å²) in [6.07, 6.45) is 1.94.